The highest BCUT2D eigenvalue weighted by Gasteiger charge is 2.37. The zero-order valence-electron chi connectivity index (χ0n) is 17.4. The number of hydrogen-bond donors (Lipinski definition) is 2. The third-order valence-electron chi connectivity index (χ3n) is 6.50. The Morgan fingerprint density at radius 1 is 1.08 bits per heavy atom. The van der Waals surface area contributed by atoms with E-state index in [9.17, 15) is 0 Å². The fraction of sp³-hybridized carbons (Fsp3) is 0.950. The van der Waals surface area contributed by atoms with Crippen LogP contribution in [0.15, 0.2) is 0 Å². The lowest BCUT2D eigenvalue weighted by atomic mass is 9.93. The van der Waals surface area contributed by atoms with Gasteiger partial charge >= 0.3 is 0 Å². The lowest BCUT2D eigenvalue weighted by molar-refractivity contribution is -1.04. The van der Waals surface area contributed by atoms with Crippen LogP contribution in [0.2, 0.25) is 0 Å². The molecule has 1 saturated heterocycles. The van der Waals surface area contributed by atoms with Gasteiger partial charge in [-0.2, -0.15) is 0 Å². The minimum absolute atomic E-state index is 0.0576. The Balaban J connectivity index is 1.68. The monoisotopic (exact) mass is 364 g/mol. The van der Waals surface area contributed by atoms with Crippen molar-refractivity contribution in [2.75, 3.05) is 26.2 Å². The van der Waals surface area contributed by atoms with E-state index in [-0.39, 0.29) is 5.54 Å². The first kappa shape index (κ1) is 19.7. The predicted octanol–water partition coefficient (Wildman–Crippen LogP) is 0.776. The van der Waals surface area contributed by atoms with Gasteiger partial charge in [0.1, 0.15) is 32.2 Å². The largest absolute Gasteiger partial charge is 0.323 e. The number of nitrogens with zero attached hydrogens (tertiary/aromatic N) is 4. The molecule has 26 heavy (non-hydrogen) atoms. The predicted molar refractivity (Wildman–Crippen MR) is 103 cm³/mol. The van der Waals surface area contributed by atoms with Gasteiger partial charge in [-0.05, 0) is 63.3 Å². The van der Waals surface area contributed by atoms with E-state index in [2.05, 4.69) is 47.9 Å². The Kier molecular flexibility index (Phi) is 6.67. The number of hydrogen-bond acceptors (Lipinski definition) is 3. The molecule has 148 valence electrons. The maximum absolute atomic E-state index is 4.49. The van der Waals surface area contributed by atoms with E-state index in [4.69, 9.17) is 0 Å². The number of unbranched alkanes of at least 4 members (excludes halogenated alkanes) is 1. The van der Waals surface area contributed by atoms with Crippen molar-refractivity contribution in [3.63, 3.8) is 0 Å². The van der Waals surface area contributed by atoms with E-state index >= 15 is 0 Å². The highest BCUT2D eigenvalue weighted by Crippen LogP contribution is 2.20. The summed E-state index contributed by atoms with van der Waals surface area (Å²) < 4.78 is 2.07. The molecule has 2 heterocycles. The molecule has 1 atom stereocenters. The normalized spacial score (nSPS) is 26.8. The number of rotatable bonds is 6. The topological polar surface area (TPSA) is 52.5 Å². The molecule has 3 rings (SSSR count). The minimum Gasteiger partial charge on any atom is -0.323 e. The van der Waals surface area contributed by atoms with Gasteiger partial charge in [0.15, 0.2) is 0 Å². The van der Waals surface area contributed by atoms with Gasteiger partial charge in [-0.1, -0.05) is 19.8 Å². The maximum Gasteiger partial charge on any atom is 0.209 e. The van der Waals surface area contributed by atoms with Crippen molar-refractivity contribution in [3.8, 4) is 0 Å². The molecule has 0 spiro atoms. The smallest absolute Gasteiger partial charge is 0.209 e. The van der Waals surface area contributed by atoms with Gasteiger partial charge in [0.25, 0.3) is 0 Å². The molecule has 1 aliphatic carbocycles. The molecule has 2 aliphatic rings. The average molecular weight is 365 g/mol. The quantitative estimate of drug-likeness (QED) is 0.784. The second kappa shape index (κ2) is 8.79. The summed E-state index contributed by atoms with van der Waals surface area (Å²) in [4.78, 5) is 3.58. The van der Waals surface area contributed by atoms with Gasteiger partial charge in [0.2, 0.25) is 5.82 Å². The molecule has 1 aromatic heterocycles. The summed E-state index contributed by atoms with van der Waals surface area (Å²) in [5.74, 6) is 1.10. The van der Waals surface area contributed by atoms with Crippen LogP contribution in [0.5, 0.6) is 0 Å². The minimum atomic E-state index is -0.0576. The molecule has 6 nitrogen and oxygen atoms in total. The van der Waals surface area contributed by atoms with Crippen LogP contribution in [0.25, 0.3) is 0 Å². The third-order valence-corrected chi connectivity index (χ3v) is 6.50. The zero-order chi connectivity index (χ0) is 18.6. The highest BCUT2D eigenvalue weighted by molar-refractivity contribution is 4.92. The number of aromatic nitrogens is 4. The molecule has 1 aliphatic heterocycles. The number of quaternary nitrogens is 2. The molecular weight excluding hydrogens is 324 g/mol. The fourth-order valence-corrected chi connectivity index (χ4v) is 4.97. The van der Waals surface area contributed by atoms with Crippen LogP contribution in [0.4, 0.5) is 0 Å². The Morgan fingerprint density at radius 2 is 1.77 bits per heavy atom. The zero-order valence-corrected chi connectivity index (χ0v) is 17.4. The van der Waals surface area contributed by atoms with Gasteiger partial charge < -0.3 is 9.80 Å². The van der Waals surface area contributed by atoms with E-state index in [0.717, 1.165) is 11.9 Å². The van der Waals surface area contributed by atoms with Crippen molar-refractivity contribution in [3.05, 3.63) is 5.82 Å². The standard InChI is InChI=1S/C20H38N6/c1-5-6-12-18(19-21-22-23-26(19)20(2,3)4)25-15-13-24(14-16-25)17-10-8-7-9-11-17/h17-18H,5-16H2,1-4H3/p+2/t18-/m0/s1. The van der Waals surface area contributed by atoms with E-state index in [1.165, 1.54) is 77.5 Å². The molecule has 0 aromatic carbocycles. The van der Waals surface area contributed by atoms with Gasteiger partial charge in [0, 0.05) is 6.42 Å². The van der Waals surface area contributed by atoms with Crippen LogP contribution in [0.1, 0.15) is 90.9 Å². The second-order valence-electron chi connectivity index (χ2n) is 9.47. The van der Waals surface area contributed by atoms with Crippen molar-refractivity contribution < 1.29 is 9.80 Å². The Hall–Kier alpha value is -1.01. The average Bonchev–Trinajstić information content (AvgIpc) is 3.13. The first-order chi connectivity index (χ1) is 12.5. The summed E-state index contributed by atoms with van der Waals surface area (Å²) in [5.41, 5.74) is -0.0576. The molecule has 2 N–H and O–H groups in total. The molecule has 1 saturated carbocycles. The van der Waals surface area contributed by atoms with E-state index in [1.54, 1.807) is 4.90 Å². The van der Waals surface area contributed by atoms with Crippen molar-refractivity contribution in [2.24, 2.45) is 0 Å². The molecule has 0 bridgehead atoms. The molecule has 0 radical (unpaired) electrons. The van der Waals surface area contributed by atoms with Gasteiger partial charge in [-0.15, -0.1) is 5.10 Å². The Morgan fingerprint density at radius 3 is 2.38 bits per heavy atom. The molecule has 0 unspecified atom stereocenters. The van der Waals surface area contributed by atoms with Gasteiger partial charge in [0.05, 0.1) is 11.6 Å². The van der Waals surface area contributed by atoms with E-state index in [0.29, 0.717) is 6.04 Å². The molecule has 0 amide bonds. The van der Waals surface area contributed by atoms with Crippen molar-refractivity contribution >= 4 is 0 Å². The SMILES string of the molecule is CCCC[C@@H](c1nnnn1C(C)(C)C)[NH+]1CC[NH+](C2CCCCC2)CC1. The second-order valence-corrected chi connectivity index (χ2v) is 9.47. The summed E-state index contributed by atoms with van der Waals surface area (Å²) in [6.45, 7) is 14.0. The van der Waals surface area contributed by atoms with Crippen LogP contribution in [0, 0.1) is 0 Å². The van der Waals surface area contributed by atoms with Crippen LogP contribution < -0.4 is 9.80 Å². The number of nitrogens with one attached hydrogen (secondary N) is 2. The van der Waals surface area contributed by atoms with Crippen molar-refractivity contribution in [1.29, 1.82) is 0 Å². The summed E-state index contributed by atoms with van der Waals surface area (Å²) in [6, 6.07) is 1.37. The first-order valence-electron chi connectivity index (χ1n) is 11.0. The summed E-state index contributed by atoms with van der Waals surface area (Å²) in [6.07, 6.45) is 10.9. The lowest BCUT2D eigenvalue weighted by Crippen LogP contribution is -3.29. The van der Waals surface area contributed by atoms with Gasteiger partial charge in [-0.3, -0.25) is 0 Å². The number of tetrazole rings is 1. The molecular formula is C20H40N6+2. The fourth-order valence-electron chi connectivity index (χ4n) is 4.97. The first-order valence-corrected chi connectivity index (χ1v) is 11.0. The van der Waals surface area contributed by atoms with Crippen molar-refractivity contribution in [2.45, 2.75) is 96.7 Å². The van der Waals surface area contributed by atoms with Gasteiger partial charge in [-0.25, -0.2) is 4.68 Å². The highest BCUT2D eigenvalue weighted by atomic mass is 15.6. The van der Waals surface area contributed by atoms with E-state index < -0.39 is 0 Å². The van der Waals surface area contributed by atoms with E-state index in [1.807, 2.05) is 4.90 Å². The van der Waals surface area contributed by atoms with Crippen LogP contribution >= 0.6 is 0 Å². The van der Waals surface area contributed by atoms with Crippen LogP contribution in [-0.2, 0) is 5.54 Å². The number of piperazine rings is 1. The molecule has 2 fully saturated rings. The third kappa shape index (κ3) is 4.63. The summed E-state index contributed by atoms with van der Waals surface area (Å²) in [5, 5.41) is 12.9. The maximum atomic E-state index is 4.49. The Bertz CT molecular complexity index is 535. The lowest BCUT2D eigenvalue weighted by Gasteiger charge is -2.38. The molecule has 6 heteroatoms. The van der Waals surface area contributed by atoms with Crippen LogP contribution in [-0.4, -0.2) is 52.4 Å². The summed E-state index contributed by atoms with van der Waals surface area (Å²) in [7, 11) is 0. The van der Waals surface area contributed by atoms with Crippen LogP contribution in [0.3, 0.4) is 0 Å². The Labute approximate surface area is 159 Å². The summed E-state index contributed by atoms with van der Waals surface area (Å²) >= 11 is 0. The molecule has 1 aromatic rings. The van der Waals surface area contributed by atoms with Crippen molar-refractivity contribution in [1.82, 2.24) is 20.2 Å².